The van der Waals surface area contributed by atoms with Gasteiger partial charge in [-0.2, -0.15) is 0 Å². The summed E-state index contributed by atoms with van der Waals surface area (Å²) in [5.74, 6) is 1.44. The summed E-state index contributed by atoms with van der Waals surface area (Å²) in [6.07, 6.45) is 5.21. The van der Waals surface area contributed by atoms with Crippen LogP contribution in [0.4, 0.5) is 0 Å². The van der Waals surface area contributed by atoms with E-state index < -0.39 is 0 Å². The Hall–Kier alpha value is -1.29. The molecular weight excluding hydrogens is 247 g/mol. The van der Waals surface area contributed by atoms with E-state index in [1.807, 2.05) is 12.3 Å². The molecular formula is C16H21BN2O. The Bertz CT molecular complexity index is 676. The average Bonchev–Trinajstić information content (AvgIpc) is 3.09. The molecule has 0 bridgehead atoms. The summed E-state index contributed by atoms with van der Waals surface area (Å²) in [7, 11) is 0. The molecule has 3 heterocycles. The van der Waals surface area contributed by atoms with E-state index in [2.05, 4.69) is 49.9 Å². The molecule has 1 saturated heterocycles. The van der Waals surface area contributed by atoms with Gasteiger partial charge in [0, 0.05) is 17.8 Å². The lowest BCUT2D eigenvalue weighted by molar-refractivity contribution is -0.0398. The Balaban J connectivity index is 1.78. The molecule has 0 amide bonds. The zero-order valence-electron chi connectivity index (χ0n) is 12.6. The Morgan fingerprint density at radius 2 is 2.15 bits per heavy atom. The van der Waals surface area contributed by atoms with E-state index in [1.165, 1.54) is 17.3 Å². The molecule has 104 valence electrons. The van der Waals surface area contributed by atoms with Crippen LogP contribution < -0.4 is 5.46 Å². The van der Waals surface area contributed by atoms with Gasteiger partial charge in [-0.1, -0.05) is 26.3 Å². The predicted octanol–water partition coefficient (Wildman–Crippen LogP) is 2.99. The van der Waals surface area contributed by atoms with Crippen LogP contribution in [0.15, 0.2) is 24.5 Å². The van der Waals surface area contributed by atoms with Gasteiger partial charge in [0.05, 0.1) is 5.60 Å². The summed E-state index contributed by atoms with van der Waals surface area (Å²) < 4.78 is 6.55. The molecule has 3 nitrogen and oxygen atoms in total. The van der Waals surface area contributed by atoms with Crippen LogP contribution in [0.25, 0.3) is 11.0 Å². The van der Waals surface area contributed by atoms with Crippen molar-refractivity contribution in [2.24, 2.45) is 11.3 Å². The van der Waals surface area contributed by atoms with Crippen LogP contribution >= 0.6 is 0 Å². The molecule has 2 aromatic heterocycles. The predicted molar refractivity (Wildman–Crippen MR) is 82.3 cm³/mol. The molecule has 2 atom stereocenters. The molecule has 0 spiro atoms. The average molecular weight is 268 g/mol. The number of aromatic amines is 1. The van der Waals surface area contributed by atoms with Crippen molar-refractivity contribution in [1.82, 2.24) is 9.97 Å². The monoisotopic (exact) mass is 268 g/mol. The largest absolute Gasteiger partial charge is 0.425 e. The summed E-state index contributed by atoms with van der Waals surface area (Å²) in [6, 6.07) is 4.14. The van der Waals surface area contributed by atoms with E-state index in [4.69, 9.17) is 4.65 Å². The molecule has 1 saturated carbocycles. The lowest BCUT2D eigenvalue weighted by atomic mass is 9.50. The fourth-order valence-corrected chi connectivity index (χ4v) is 3.89. The lowest BCUT2D eigenvalue weighted by Gasteiger charge is -2.48. The van der Waals surface area contributed by atoms with E-state index in [0.29, 0.717) is 5.82 Å². The molecule has 2 fully saturated rings. The van der Waals surface area contributed by atoms with Gasteiger partial charge in [0.25, 0.3) is 0 Å². The highest BCUT2D eigenvalue weighted by Gasteiger charge is 2.64. The minimum atomic E-state index is -0.0961. The van der Waals surface area contributed by atoms with Crippen molar-refractivity contribution in [2.75, 3.05) is 0 Å². The summed E-state index contributed by atoms with van der Waals surface area (Å²) in [5.41, 5.74) is 2.40. The number of hydrogen-bond donors (Lipinski definition) is 1. The van der Waals surface area contributed by atoms with E-state index in [0.717, 1.165) is 11.6 Å². The number of rotatable bonds is 1. The second-order valence-corrected chi connectivity index (χ2v) is 7.42. The SMILES string of the molecule is CC1(C)OB(c2c[nH]c3ncccc23)C2C[C@H]2C1(C)C. The number of H-pyrrole nitrogens is 1. The lowest BCUT2D eigenvalue weighted by Crippen LogP contribution is -2.54. The fourth-order valence-electron chi connectivity index (χ4n) is 3.89. The van der Waals surface area contributed by atoms with Crippen LogP contribution in [0, 0.1) is 11.3 Å². The van der Waals surface area contributed by atoms with Gasteiger partial charge < -0.3 is 9.64 Å². The van der Waals surface area contributed by atoms with Gasteiger partial charge in [0.1, 0.15) is 5.65 Å². The minimum Gasteiger partial charge on any atom is -0.425 e. The smallest absolute Gasteiger partial charge is 0.332 e. The molecule has 2 aromatic rings. The molecule has 20 heavy (non-hydrogen) atoms. The maximum Gasteiger partial charge on any atom is 0.332 e. The third-order valence-corrected chi connectivity index (χ3v) is 5.92. The Morgan fingerprint density at radius 3 is 2.95 bits per heavy atom. The fraction of sp³-hybridized carbons (Fsp3) is 0.562. The first-order valence-corrected chi connectivity index (χ1v) is 7.51. The highest BCUT2D eigenvalue weighted by molar-refractivity contribution is 6.72. The maximum atomic E-state index is 6.55. The van der Waals surface area contributed by atoms with E-state index in [1.54, 1.807) is 0 Å². The van der Waals surface area contributed by atoms with Crippen LogP contribution in [0.3, 0.4) is 0 Å². The van der Waals surface area contributed by atoms with Gasteiger partial charge in [-0.15, -0.1) is 0 Å². The number of hydrogen-bond acceptors (Lipinski definition) is 2. The number of fused-ring (bicyclic) bond motifs is 2. The van der Waals surface area contributed by atoms with Crippen molar-refractivity contribution in [3.05, 3.63) is 24.5 Å². The van der Waals surface area contributed by atoms with Gasteiger partial charge in [-0.25, -0.2) is 4.98 Å². The molecule has 0 radical (unpaired) electrons. The molecule has 1 N–H and O–H groups in total. The van der Waals surface area contributed by atoms with Crippen molar-refractivity contribution in [2.45, 2.75) is 45.5 Å². The second kappa shape index (κ2) is 3.67. The first-order chi connectivity index (χ1) is 9.42. The molecule has 4 heteroatoms. The summed E-state index contributed by atoms with van der Waals surface area (Å²) in [5, 5.41) is 1.21. The van der Waals surface area contributed by atoms with E-state index in [9.17, 15) is 0 Å². The van der Waals surface area contributed by atoms with Crippen LogP contribution in [0.1, 0.15) is 34.1 Å². The molecule has 0 aromatic carbocycles. The van der Waals surface area contributed by atoms with Gasteiger partial charge in [0.2, 0.25) is 0 Å². The van der Waals surface area contributed by atoms with Crippen molar-refractivity contribution in [1.29, 1.82) is 0 Å². The Labute approximate surface area is 120 Å². The zero-order chi connectivity index (χ0) is 14.1. The third kappa shape index (κ3) is 1.49. The zero-order valence-corrected chi connectivity index (χ0v) is 12.6. The summed E-state index contributed by atoms with van der Waals surface area (Å²) >= 11 is 0. The van der Waals surface area contributed by atoms with Crippen molar-refractivity contribution >= 4 is 23.4 Å². The Kier molecular flexibility index (Phi) is 2.29. The standard InChI is InChI=1S/C16H21BN2O/c1-15(2)11-8-12(11)17(20-16(15,3)4)13-9-19-14-10(13)6-5-7-18-14/h5-7,9,11-12H,8H2,1-4H3,(H,18,19)/t11-,12?/m1/s1. The molecule has 1 aliphatic heterocycles. The van der Waals surface area contributed by atoms with Gasteiger partial charge in [-0.3, -0.25) is 0 Å². The number of pyridine rings is 1. The summed E-state index contributed by atoms with van der Waals surface area (Å²) in [6.45, 7) is 9.39. The highest BCUT2D eigenvalue weighted by atomic mass is 16.5. The van der Waals surface area contributed by atoms with Crippen LogP contribution in [0.2, 0.25) is 5.82 Å². The molecule has 2 aliphatic rings. The first-order valence-electron chi connectivity index (χ1n) is 7.51. The van der Waals surface area contributed by atoms with Crippen LogP contribution in [-0.4, -0.2) is 22.5 Å². The van der Waals surface area contributed by atoms with E-state index in [-0.39, 0.29) is 17.9 Å². The topological polar surface area (TPSA) is 37.9 Å². The van der Waals surface area contributed by atoms with Gasteiger partial charge >= 0.3 is 6.92 Å². The maximum absolute atomic E-state index is 6.55. The number of nitrogens with zero attached hydrogens (tertiary/aromatic N) is 1. The van der Waals surface area contributed by atoms with Crippen molar-refractivity contribution in [3.8, 4) is 0 Å². The summed E-state index contributed by atoms with van der Waals surface area (Å²) in [4.78, 5) is 7.67. The van der Waals surface area contributed by atoms with Gasteiger partial charge in [-0.05, 0) is 42.5 Å². The third-order valence-electron chi connectivity index (χ3n) is 5.92. The quantitative estimate of drug-likeness (QED) is 0.807. The Morgan fingerprint density at radius 1 is 1.35 bits per heavy atom. The van der Waals surface area contributed by atoms with Crippen molar-refractivity contribution < 1.29 is 4.65 Å². The number of aromatic nitrogens is 2. The molecule has 1 unspecified atom stereocenters. The van der Waals surface area contributed by atoms with E-state index >= 15 is 0 Å². The molecule has 4 rings (SSSR count). The van der Waals surface area contributed by atoms with Crippen molar-refractivity contribution in [3.63, 3.8) is 0 Å². The minimum absolute atomic E-state index is 0.0961. The highest BCUT2D eigenvalue weighted by Crippen LogP contribution is 2.65. The van der Waals surface area contributed by atoms with Crippen LogP contribution in [0.5, 0.6) is 0 Å². The first kappa shape index (κ1) is 12.5. The second-order valence-electron chi connectivity index (χ2n) is 7.42. The molecule has 1 aliphatic carbocycles. The van der Waals surface area contributed by atoms with Crippen LogP contribution in [-0.2, 0) is 4.65 Å². The number of nitrogens with one attached hydrogen (secondary N) is 1. The van der Waals surface area contributed by atoms with Gasteiger partial charge in [0.15, 0.2) is 0 Å². The normalized spacial score (nSPS) is 30.3.